The van der Waals surface area contributed by atoms with E-state index in [-0.39, 0.29) is 5.91 Å². The summed E-state index contributed by atoms with van der Waals surface area (Å²) in [5.41, 5.74) is 0. The molecule has 1 amide bonds. The number of hydrogen-bond donors (Lipinski definition) is 2. The standard InChI is InChI=1S/C13H23N5O2/c1-18-13(15-11(19)4-3-9-20-2)16-12(17-18)10-5-7-14-8-6-10/h10,14H,3-9H2,1-2H3,(H,15,16,17,19). The molecule has 0 radical (unpaired) electrons. The van der Waals surface area contributed by atoms with E-state index in [1.165, 1.54) is 0 Å². The molecular formula is C13H23N5O2. The van der Waals surface area contributed by atoms with Crippen molar-refractivity contribution < 1.29 is 9.53 Å². The summed E-state index contributed by atoms with van der Waals surface area (Å²) >= 11 is 0. The topological polar surface area (TPSA) is 81.1 Å². The van der Waals surface area contributed by atoms with Crippen molar-refractivity contribution in [2.45, 2.75) is 31.6 Å². The van der Waals surface area contributed by atoms with Gasteiger partial charge in [0.05, 0.1) is 0 Å². The van der Waals surface area contributed by atoms with Crippen LogP contribution in [0.5, 0.6) is 0 Å². The molecule has 1 aliphatic rings. The molecule has 1 aromatic rings. The number of nitrogens with zero attached hydrogens (tertiary/aromatic N) is 3. The number of piperidine rings is 1. The number of nitrogens with one attached hydrogen (secondary N) is 2. The van der Waals surface area contributed by atoms with Gasteiger partial charge >= 0.3 is 0 Å². The number of carbonyl (C=O) groups excluding carboxylic acids is 1. The quantitative estimate of drug-likeness (QED) is 0.748. The van der Waals surface area contributed by atoms with Gasteiger partial charge < -0.3 is 10.1 Å². The minimum atomic E-state index is -0.0468. The van der Waals surface area contributed by atoms with Crippen LogP contribution in [0.3, 0.4) is 0 Å². The van der Waals surface area contributed by atoms with Crippen molar-refractivity contribution >= 4 is 11.9 Å². The fourth-order valence-corrected chi connectivity index (χ4v) is 2.33. The second kappa shape index (κ2) is 7.35. The Labute approximate surface area is 119 Å². The van der Waals surface area contributed by atoms with Crippen LogP contribution in [0.2, 0.25) is 0 Å². The number of carbonyl (C=O) groups is 1. The summed E-state index contributed by atoms with van der Waals surface area (Å²) in [6, 6.07) is 0. The van der Waals surface area contributed by atoms with Crippen molar-refractivity contribution in [2.75, 3.05) is 32.1 Å². The van der Waals surface area contributed by atoms with E-state index in [0.29, 0.717) is 31.3 Å². The highest BCUT2D eigenvalue weighted by molar-refractivity contribution is 5.88. The fraction of sp³-hybridized carbons (Fsp3) is 0.769. The van der Waals surface area contributed by atoms with Gasteiger partial charge in [0.25, 0.3) is 0 Å². The van der Waals surface area contributed by atoms with E-state index < -0.39 is 0 Å². The Morgan fingerprint density at radius 1 is 1.50 bits per heavy atom. The predicted octanol–water partition coefficient (Wildman–Crippen LogP) is 0.647. The second-order valence-corrected chi connectivity index (χ2v) is 5.09. The molecule has 7 nitrogen and oxygen atoms in total. The van der Waals surface area contributed by atoms with Gasteiger partial charge in [-0.2, -0.15) is 10.1 Å². The first-order valence-electron chi connectivity index (χ1n) is 7.11. The maximum atomic E-state index is 11.8. The number of aromatic nitrogens is 3. The third-order valence-electron chi connectivity index (χ3n) is 3.49. The van der Waals surface area contributed by atoms with Crippen LogP contribution in [0.1, 0.15) is 37.4 Å². The molecule has 20 heavy (non-hydrogen) atoms. The molecule has 1 fully saturated rings. The predicted molar refractivity (Wildman–Crippen MR) is 75.6 cm³/mol. The van der Waals surface area contributed by atoms with Crippen LogP contribution in [0, 0.1) is 0 Å². The molecule has 0 bridgehead atoms. The summed E-state index contributed by atoms with van der Waals surface area (Å²) in [5, 5.41) is 10.6. The second-order valence-electron chi connectivity index (χ2n) is 5.09. The molecule has 2 N–H and O–H groups in total. The van der Waals surface area contributed by atoms with Gasteiger partial charge in [-0.1, -0.05) is 0 Å². The lowest BCUT2D eigenvalue weighted by molar-refractivity contribution is -0.116. The van der Waals surface area contributed by atoms with Crippen LogP contribution < -0.4 is 10.6 Å². The lowest BCUT2D eigenvalue weighted by Gasteiger charge is -2.19. The number of ether oxygens (including phenoxy) is 1. The maximum absolute atomic E-state index is 11.8. The summed E-state index contributed by atoms with van der Waals surface area (Å²) < 4.78 is 6.57. The molecule has 1 saturated heterocycles. The SMILES string of the molecule is COCCCC(=O)Nc1nc(C2CCNCC2)nn1C. The number of rotatable bonds is 6. The zero-order valence-electron chi connectivity index (χ0n) is 12.2. The number of hydrogen-bond acceptors (Lipinski definition) is 5. The van der Waals surface area contributed by atoms with Crippen molar-refractivity contribution in [3.05, 3.63) is 5.82 Å². The monoisotopic (exact) mass is 281 g/mol. The molecule has 0 aliphatic carbocycles. The Morgan fingerprint density at radius 2 is 2.25 bits per heavy atom. The van der Waals surface area contributed by atoms with E-state index in [4.69, 9.17) is 4.74 Å². The Bertz CT molecular complexity index is 440. The van der Waals surface area contributed by atoms with Crippen molar-refractivity contribution in [3.63, 3.8) is 0 Å². The average Bonchev–Trinajstić information content (AvgIpc) is 2.81. The van der Waals surface area contributed by atoms with E-state index in [2.05, 4.69) is 20.7 Å². The highest BCUT2D eigenvalue weighted by atomic mass is 16.5. The van der Waals surface area contributed by atoms with Gasteiger partial charge in [-0.3, -0.25) is 10.1 Å². The van der Waals surface area contributed by atoms with Crippen LogP contribution >= 0.6 is 0 Å². The van der Waals surface area contributed by atoms with Gasteiger partial charge in [0.15, 0.2) is 5.82 Å². The third-order valence-corrected chi connectivity index (χ3v) is 3.49. The van der Waals surface area contributed by atoms with E-state index in [0.717, 1.165) is 31.8 Å². The third kappa shape index (κ3) is 4.01. The summed E-state index contributed by atoms with van der Waals surface area (Å²) in [4.78, 5) is 16.2. The van der Waals surface area contributed by atoms with Crippen LogP contribution in [0.4, 0.5) is 5.95 Å². The molecule has 1 aliphatic heterocycles. The van der Waals surface area contributed by atoms with E-state index >= 15 is 0 Å². The van der Waals surface area contributed by atoms with E-state index in [9.17, 15) is 4.79 Å². The largest absolute Gasteiger partial charge is 0.385 e. The average molecular weight is 281 g/mol. The summed E-state index contributed by atoms with van der Waals surface area (Å²) in [6.45, 7) is 2.59. The number of amides is 1. The van der Waals surface area contributed by atoms with Crippen molar-refractivity contribution in [1.82, 2.24) is 20.1 Å². The van der Waals surface area contributed by atoms with Gasteiger partial charge in [-0.25, -0.2) is 4.68 Å². The summed E-state index contributed by atoms with van der Waals surface area (Å²) in [7, 11) is 3.44. The Balaban J connectivity index is 1.91. The van der Waals surface area contributed by atoms with Crippen molar-refractivity contribution in [3.8, 4) is 0 Å². The molecule has 2 rings (SSSR count). The smallest absolute Gasteiger partial charge is 0.227 e. The van der Waals surface area contributed by atoms with Gasteiger partial charge in [0, 0.05) is 33.1 Å². The zero-order chi connectivity index (χ0) is 14.4. The minimum absolute atomic E-state index is 0.0468. The van der Waals surface area contributed by atoms with Crippen LogP contribution in [0.25, 0.3) is 0 Å². The number of aryl methyl sites for hydroxylation is 1. The number of anilines is 1. The van der Waals surface area contributed by atoms with E-state index in [1.807, 2.05) is 7.05 Å². The first-order valence-corrected chi connectivity index (χ1v) is 7.11. The van der Waals surface area contributed by atoms with Gasteiger partial charge in [0.1, 0.15) is 0 Å². The molecule has 112 valence electrons. The molecule has 1 aromatic heterocycles. The first-order chi connectivity index (χ1) is 9.70. The molecule has 0 aromatic carbocycles. The summed E-state index contributed by atoms with van der Waals surface area (Å²) in [6.07, 6.45) is 3.24. The van der Waals surface area contributed by atoms with E-state index in [1.54, 1.807) is 11.8 Å². The molecule has 0 saturated carbocycles. The van der Waals surface area contributed by atoms with Crippen LogP contribution in [-0.2, 0) is 16.6 Å². The lowest BCUT2D eigenvalue weighted by atomic mass is 9.98. The molecule has 2 heterocycles. The normalized spacial score (nSPS) is 16.3. The maximum Gasteiger partial charge on any atom is 0.227 e. The molecule has 0 unspecified atom stereocenters. The molecule has 0 atom stereocenters. The highest BCUT2D eigenvalue weighted by Crippen LogP contribution is 2.23. The Morgan fingerprint density at radius 3 is 2.95 bits per heavy atom. The first kappa shape index (κ1) is 14.9. The fourth-order valence-electron chi connectivity index (χ4n) is 2.33. The van der Waals surface area contributed by atoms with Gasteiger partial charge in [-0.15, -0.1) is 0 Å². The lowest BCUT2D eigenvalue weighted by Crippen LogP contribution is -2.27. The van der Waals surface area contributed by atoms with Crippen LogP contribution in [0.15, 0.2) is 0 Å². The highest BCUT2D eigenvalue weighted by Gasteiger charge is 2.21. The number of methoxy groups -OCH3 is 1. The van der Waals surface area contributed by atoms with Crippen molar-refractivity contribution in [2.24, 2.45) is 7.05 Å². The van der Waals surface area contributed by atoms with Gasteiger partial charge in [0.2, 0.25) is 11.9 Å². The Kier molecular flexibility index (Phi) is 5.49. The minimum Gasteiger partial charge on any atom is -0.385 e. The molecular weight excluding hydrogens is 258 g/mol. The molecule has 7 heteroatoms. The Hall–Kier alpha value is -1.47. The zero-order valence-corrected chi connectivity index (χ0v) is 12.2. The summed E-state index contributed by atoms with van der Waals surface area (Å²) in [5.74, 6) is 1.71. The van der Waals surface area contributed by atoms with Gasteiger partial charge in [-0.05, 0) is 32.4 Å². The van der Waals surface area contributed by atoms with Crippen molar-refractivity contribution in [1.29, 1.82) is 0 Å². The molecule has 0 spiro atoms. The van der Waals surface area contributed by atoms with Crippen LogP contribution in [-0.4, -0.2) is 47.5 Å².